The fourth-order valence-electron chi connectivity index (χ4n) is 1.76. The molecule has 1 saturated heterocycles. The summed E-state index contributed by atoms with van der Waals surface area (Å²) < 4.78 is 5.24. The van der Waals surface area contributed by atoms with Gasteiger partial charge in [0.05, 0.1) is 17.6 Å². The Hall–Kier alpha value is -1.47. The summed E-state index contributed by atoms with van der Waals surface area (Å²) >= 11 is 5.72. The first-order valence-electron chi connectivity index (χ1n) is 5.06. The van der Waals surface area contributed by atoms with Gasteiger partial charge in [-0.3, -0.25) is 10.1 Å². The Labute approximate surface area is 103 Å². The highest BCUT2D eigenvalue weighted by Crippen LogP contribution is 2.32. The molecular formula is C9H11ClN4O3. The van der Waals surface area contributed by atoms with Gasteiger partial charge >= 0.3 is 5.69 Å². The number of ether oxygens (including phenoxy) is 1. The molecule has 92 valence electrons. The third kappa shape index (κ3) is 2.29. The minimum atomic E-state index is -0.566. The standard InChI is InChI=1S/C9H11ClN4O3/c1-13(6-2-3-17-4-6)9-7(14(15)16)8(10)11-5-12-9/h5-6H,2-4H2,1H3. The zero-order chi connectivity index (χ0) is 12.4. The highest BCUT2D eigenvalue weighted by atomic mass is 35.5. The van der Waals surface area contributed by atoms with Crippen LogP contribution in [0.15, 0.2) is 6.33 Å². The van der Waals surface area contributed by atoms with Crippen LogP contribution in [0.25, 0.3) is 0 Å². The van der Waals surface area contributed by atoms with E-state index in [1.807, 2.05) is 0 Å². The van der Waals surface area contributed by atoms with E-state index < -0.39 is 4.92 Å². The summed E-state index contributed by atoms with van der Waals surface area (Å²) in [5, 5.41) is 10.8. The molecule has 1 aliphatic rings. The van der Waals surface area contributed by atoms with Crippen LogP contribution in [-0.2, 0) is 4.74 Å². The van der Waals surface area contributed by atoms with Crippen molar-refractivity contribution in [3.8, 4) is 0 Å². The minimum Gasteiger partial charge on any atom is -0.379 e. The van der Waals surface area contributed by atoms with Crippen LogP contribution in [0.5, 0.6) is 0 Å². The summed E-state index contributed by atoms with van der Waals surface area (Å²) in [7, 11) is 1.74. The SMILES string of the molecule is CN(c1ncnc(Cl)c1[N+](=O)[O-])C1CCOC1. The smallest absolute Gasteiger partial charge is 0.348 e. The number of hydrogen-bond donors (Lipinski definition) is 0. The first-order chi connectivity index (χ1) is 8.11. The second-order valence-electron chi connectivity index (χ2n) is 3.72. The molecule has 0 saturated carbocycles. The van der Waals surface area contributed by atoms with Crippen LogP contribution >= 0.6 is 11.6 Å². The Morgan fingerprint density at radius 1 is 1.65 bits per heavy atom. The average Bonchev–Trinajstić information content (AvgIpc) is 2.80. The normalized spacial score (nSPS) is 19.3. The van der Waals surface area contributed by atoms with Crippen LogP contribution in [0.3, 0.4) is 0 Å². The molecule has 1 aliphatic heterocycles. The fourth-order valence-corrected chi connectivity index (χ4v) is 1.96. The molecule has 1 aromatic rings. The number of nitrogens with zero attached hydrogens (tertiary/aromatic N) is 4. The van der Waals surface area contributed by atoms with Gasteiger partial charge in [0.1, 0.15) is 6.33 Å². The van der Waals surface area contributed by atoms with Crippen LogP contribution in [0.4, 0.5) is 11.5 Å². The number of halogens is 1. The highest BCUT2D eigenvalue weighted by molar-refractivity contribution is 6.31. The molecule has 0 amide bonds. The number of nitro groups is 1. The summed E-state index contributed by atoms with van der Waals surface area (Å²) in [6.45, 7) is 1.19. The topological polar surface area (TPSA) is 81.4 Å². The van der Waals surface area contributed by atoms with Crippen molar-refractivity contribution in [3.05, 3.63) is 21.6 Å². The van der Waals surface area contributed by atoms with Crippen LogP contribution in [0.2, 0.25) is 5.15 Å². The van der Waals surface area contributed by atoms with E-state index in [0.717, 1.165) is 6.42 Å². The van der Waals surface area contributed by atoms with Crippen molar-refractivity contribution in [2.45, 2.75) is 12.5 Å². The molecule has 0 radical (unpaired) electrons. The van der Waals surface area contributed by atoms with Gasteiger partial charge in [-0.2, -0.15) is 0 Å². The lowest BCUT2D eigenvalue weighted by Gasteiger charge is -2.23. The summed E-state index contributed by atoms with van der Waals surface area (Å²) in [5.41, 5.74) is -0.261. The number of hydrogen-bond acceptors (Lipinski definition) is 6. The maximum Gasteiger partial charge on any atom is 0.348 e. The third-order valence-corrected chi connectivity index (χ3v) is 3.00. The van der Waals surface area contributed by atoms with E-state index in [9.17, 15) is 10.1 Å². The maximum absolute atomic E-state index is 10.9. The number of likely N-dealkylation sites (N-methyl/N-ethyl adjacent to an activating group) is 1. The van der Waals surface area contributed by atoms with Gasteiger partial charge in [0.15, 0.2) is 0 Å². The molecular weight excluding hydrogens is 248 g/mol. The second-order valence-corrected chi connectivity index (χ2v) is 4.08. The Morgan fingerprint density at radius 3 is 3.00 bits per heavy atom. The van der Waals surface area contributed by atoms with Crippen molar-refractivity contribution < 1.29 is 9.66 Å². The molecule has 2 rings (SSSR count). The molecule has 1 atom stereocenters. The number of anilines is 1. The molecule has 1 fully saturated rings. The second kappa shape index (κ2) is 4.80. The third-order valence-electron chi connectivity index (χ3n) is 2.73. The molecule has 1 unspecified atom stereocenters. The zero-order valence-electron chi connectivity index (χ0n) is 9.17. The van der Waals surface area contributed by atoms with E-state index in [2.05, 4.69) is 9.97 Å². The molecule has 7 nitrogen and oxygen atoms in total. The van der Waals surface area contributed by atoms with Crippen molar-refractivity contribution in [1.82, 2.24) is 9.97 Å². The van der Waals surface area contributed by atoms with Crippen molar-refractivity contribution in [2.24, 2.45) is 0 Å². The summed E-state index contributed by atoms with van der Waals surface area (Å²) in [6, 6.07) is 0.0830. The molecule has 8 heteroatoms. The molecule has 0 spiro atoms. The predicted molar refractivity (Wildman–Crippen MR) is 61.3 cm³/mol. The first-order valence-corrected chi connectivity index (χ1v) is 5.44. The van der Waals surface area contributed by atoms with Gasteiger partial charge in [0, 0.05) is 13.7 Å². The molecule has 1 aromatic heterocycles. The van der Waals surface area contributed by atoms with Crippen LogP contribution in [0, 0.1) is 10.1 Å². The van der Waals surface area contributed by atoms with Gasteiger partial charge in [-0.05, 0) is 6.42 Å². The maximum atomic E-state index is 10.9. The number of aromatic nitrogens is 2. The lowest BCUT2D eigenvalue weighted by atomic mass is 10.2. The van der Waals surface area contributed by atoms with Gasteiger partial charge in [0.25, 0.3) is 0 Å². The van der Waals surface area contributed by atoms with E-state index in [0.29, 0.717) is 13.2 Å². The average molecular weight is 259 g/mol. The summed E-state index contributed by atoms with van der Waals surface area (Å²) in [6.07, 6.45) is 2.03. The van der Waals surface area contributed by atoms with E-state index in [-0.39, 0.29) is 22.7 Å². The van der Waals surface area contributed by atoms with Gasteiger partial charge < -0.3 is 9.64 Å². The molecule has 0 aliphatic carbocycles. The van der Waals surface area contributed by atoms with Gasteiger partial charge in [-0.15, -0.1) is 0 Å². The molecule has 0 aromatic carbocycles. The highest BCUT2D eigenvalue weighted by Gasteiger charge is 2.29. The van der Waals surface area contributed by atoms with Crippen LogP contribution in [-0.4, -0.2) is 41.2 Å². The lowest BCUT2D eigenvalue weighted by Crippen LogP contribution is -2.33. The Kier molecular flexibility index (Phi) is 3.39. The zero-order valence-corrected chi connectivity index (χ0v) is 9.92. The first kappa shape index (κ1) is 12.0. The minimum absolute atomic E-state index is 0.0830. The van der Waals surface area contributed by atoms with Gasteiger partial charge in [-0.1, -0.05) is 11.6 Å². The van der Waals surface area contributed by atoms with Gasteiger partial charge in [0.2, 0.25) is 11.0 Å². The Morgan fingerprint density at radius 2 is 2.41 bits per heavy atom. The molecule has 0 N–H and O–H groups in total. The van der Waals surface area contributed by atoms with E-state index in [1.54, 1.807) is 11.9 Å². The van der Waals surface area contributed by atoms with Crippen molar-refractivity contribution in [2.75, 3.05) is 25.2 Å². The Bertz CT molecular complexity index is 436. The van der Waals surface area contributed by atoms with E-state index in [4.69, 9.17) is 16.3 Å². The summed E-state index contributed by atoms with van der Waals surface area (Å²) in [5.74, 6) is 0.227. The van der Waals surface area contributed by atoms with Crippen molar-refractivity contribution in [1.29, 1.82) is 0 Å². The van der Waals surface area contributed by atoms with Crippen molar-refractivity contribution >= 4 is 23.1 Å². The number of rotatable bonds is 3. The van der Waals surface area contributed by atoms with Crippen LogP contribution in [0.1, 0.15) is 6.42 Å². The van der Waals surface area contributed by atoms with E-state index in [1.165, 1.54) is 6.33 Å². The largest absolute Gasteiger partial charge is 0.379 e. The molecule has 0 bridgehead atoms. The van der Waals surface area contributed by atoms with Crippen molar-refractivity contribution in [3.63, 3.8) is 0 Å². The monoisotopic (exact) mass is 258 g/mol. The lowest BCUT2D eigenvalue weighted by molar-refractivity contribution is -0.384. The molecule has 2 heterocycles. The fraction of sp³-hybridized carbons (Fsp3) is 0.556. The molecule has 17 heavy (non-hydrogen) atoms. The van der Waals surface area contributed by atoms with Crippen LogP contribution < -0.4 is 4.90 Å². The predicted octanol–water partition coefficient (Wildman–Crippen LogP) is 1.26. The van der Waals surface area contributed by atoms with Gasteiger partial charge in [-0.25, -0.2) is 9.97 Å². The quantitative estimate of drug-likeness (QED) is 0.461. The summed E-state index contributed by atoms with van der Waals surface area (Å²) in [4.78, 5) is 19.7. The van der Waals surface area contributed by atoms with E-state index >= 15 is 0 Å². The Balaban J connectivity index is 2.36.